The number of amides is 1. The number of likely N-dealkylation sites (N-methyl/N-ethyl adjacent to an activating group) is 1. The number of nitrogens with zero attached hydrogens (tertiary/aromatic N) is 1. The molecule has 1 saturated carbocycles. The van der Waals surface area contributed by atoms with Crippen molar-refractivity contribution in [3.8, 4) is 5.75 Å². The zero-order valence-electron chi connectivity index (χ0n) is 12.3. The van der Waals surface area contributed by atoms with Crippen LogP contribution in [-0.2, 0) is 10.2 Å². The maximum absolute atomic E-state index is 12.9. The molecule has 0 spiro atoms. The summed E-state index contributed by atoms with van der Waals surface area (Å²) in [6.07, 6.45) is 3.80. The second-order valence-corrected chi connectivity index (χ2v) is 5.44. The van der Waals surface area contributed by atoms with Crippen LogP contribution in [0.5, 0.6) is 5.75 Å². The molecule has 0 aliphatic heterocycles. The summed E-state index contributed by atoms with van der Waals surface area (Å²) < 4.78 is 5.45. The van der Waals surface area contributed by atoms with E-state index in [1.807, 2.05) is 24.3 Å². The first-order chi connectivity index (χ1) is 9.65. The third-order valence-electron chi connectivity index (χ3n) is 4.27. The fraction of sp³-hybridized carbons (Fsp3) is 0.562. The van der Waals surface area contributed by atoms with Gasteiger partial charge in [0.15, 0.2) is 0 Å². The topological polar surface area (TPSA) is 49.8 Å². The average molecular weight is 277 g/mol. The van der Waals surface area contributed by atoms with Crippen LogP contribution in [0.2, 0.25) is 0 Å². The van der Waals surface area contributed by atoms with E-state index < -0.39 is 5.41 Å². The van der Waals surface area contributed by atoms with Crippen LogP contribution in [0, 0.1) is 0 Å². The number of hydrogen-bond acceptors (Lipinski definition) is 3. The van der Waals surface area contributed by atoms with E-state index in [1.165, 1.54) is 0 Å². The van der Waals surface area contributed by atoms with E-state index in [2.05, 4.69) is 0 Å². The van der Waals surface area contributed by atoms with Crippen molar-refractivity contribution >= 4 is 5.91 Å². The number of ether oxygens (including phenoxy) is 1. The van der Waals surface area contributed by atoms with Crippen LogP contribution in [0.1, 0.15) is 31.2 Å². The molecule has 1 aliphatic rings. The molecule has 0 atom stereocenters. The van der Waals surface area contributed by atoms with Crippen LogP contribution in [0.4, 0.5) is 0 Å². The summed E-state index contributed by atoms with van der Waals surface area (Å²) in [7, 11) is 3.40. The number of hydrogen-bond donors (Lipinski definition) is 1. The Bertz CT molecular complexity index is 467. The molecule has 0 saturated heterocycles. The highest BCUT2D eigenvalue weighted by molar-refractivity contribution is 5.89. The number of carbonyl (C=O) groups is 1. The quantitative estimate of drug-likeness (QED) is 0.895. The van der Waals surface area contributed by atoms with E-state index in [1.54, 1.807) is 19.1 Å². The normalized spacial score (nSPS) is 16.9. The largest absolute Gasteiger partial charge is 0.496 e. The van der Waals surface area contributed by atoms with Crippen molar-refractivity contribution in [3.05, 3.63) is 29.8 Å². The highest BCUT2D eigenvalue weighted by atomic mass is 16.5. The molecular formula is C16H23NO3. The molecule has 0 aromatic heterocycles. The lowest BCUT2D eigenvalue weighted by molar-refractivity contribution is -0.136. The monoisotopic (exact) mass is 277 g/mol. The van der Waals surface area contributed by atoms with Gasteiger partial charge in [0.1, 0.15) is 5.75 Å². The first-order valence-electron chi connectivity index (χ1n) is 7.15. The van der Waals surface area contributed by atoms with E-state index in [-0.39, 0.29) is 12.5 Å². The summed E-state index contributed by atoms with van der Waals surface area (Å²) in [5.74, 6) is 0.869. The van der Waals surface area contributed by atoms with Crippen LogP contribution < -0.4 is 4.74 Å². The fourth-order valence-corrected chi connectivity index (χ4v) is 3.23. The molecular weight excluding hydrogens is 254 g/mol. The van der Waals surface area contributed by atoms with Gasteiger partial charge in [0.2, 0.25) is 5.91 Å². The van der Waals surface area contributed by atoms with Gasteiger partial charge in [-0.25, -0.2) is 0 Å². The summed E-state index contributed by atoms with van der Waals surface area (Å²) in [5, 5.41) is 9.07. The number of carbonyl (C=O) groups excluding carboxylic acids is 1. The van der Waals surface area contributed by atoms with Crippen molar-refractivity contribution in [2.45, 2.75) is 31.1 Å². The highest BCUT2D eigenvalue weighted by Crippen LogP contribution is 2.45. The Kier molecular flexibility index (Phi) is 4.65. The van der Waals surface area contributed by atoms with Gasteiger partial charge < -0.3 is 14.7 Å². The molecule has 2 rings (SSSR count). The Labute approximate surface area is 120 Å². The van der Waals surface area contributed by atoms with E-state index in [9.17, 15) is 4.79 Å². The van der Waals surface area contributed by atoms with Gasteiger partial charge in [-0.1, -0.05) is 31.0 Å². The summed E-state index contributed by atoms with van der Waals surface area (Å²) in [5.41, 5.74) is 0.492. The van der Waals surface area contributed by atoms with Gasteiger partial charge >= 0.3 is 0 Å². The second-order valence-electron chi connectivity index (χ2n) is 5.44. The van der Waals surface area contributed by atoms with Gasteiger partial charge in [0.25, 0.3) is 0 Å². The van der Waals surface area contributed by atoms with Crippen LogP contribution >= 0.6 is 0 Å². The van der Waals surface area contributed by atoms with Gasteiger partial charge in [-0.3, -0.25) is 4.79 Å². The minimum atomic E-state index is -0.490. The molecule has 1 N–H and O–H groups in total. The van der Waals surface area contributed by atoms with Gasteiger partial charge in [-0.05, 0) is 18.9 Å². The molecule has 0 heterocycles. The SMILES string of the molecule is COc1ccccc1C1(C(=O)N(C)CCO)CCCC1. The third kappa shape index (κ3) is 2.52. The molecule has 1 aromatic carbocycles. The first kappa shape index (κ1) is 14.9. The van der Waals surface area contributed by atoms with Crippen molar-refractivity contribution < 1.29 is 14.6 Å². The summed E-state index contributed by atoms with van der Waals surface area (Å²) in [6, 6.07) is 7.79. The minimum absolute atomic E-state index is 0.00968. The smallest absolute Gasteiger partial charge is 0.233 e. The number of methoxy groups -OCH3 is 1. The van der Waals surface area contributed by atoms with E-state index >= 15 is 0 Å². The van der Waals surface area contributed by atoms with Crippen molar-refractivity contribution in [1.82, 2.24) is 4.90 Å². The Hall–Kier alpha value is -1.55. The zero-order chi connectivity index (χ0) is 14.6. The minimum Gasteiger partial charge on any atom is -0.496 e. The van der Waals surface area contributed by atoms with Crippen LogP contribution in [0.3, 0.4) is 0 Å². The van der Waals surface area contributed by atoms with E-state index in [0.717, 1.165) is 37.0 Å². The lowest BCUT2D eigenvalue weighted by Crippen LogP contribution is -2.44. The van der Waals surface area contributed by atoms with Crippen molar-refractivity contribution in [3.63, 3.8) is 0 Å². The lowest BCUT2D eigenvalue weighted by Gasteiger charge is -2.33. The fourth-order valence-electron chi connectivity index (χ4n) is 3.23. The summed E-state index contributed by atoms with van der Waals surface area (Å²) in [4.78, 5) is 14.5. The molecule has 1 aromatic rings. The molecule has 4 nitrogen and oxygen atoms in total. The lowest BCUT2D eigenvalue weighted by atomic mass is 9.77. The maximum Gasteiger partial charge on any atom is 0.233 e. The number of para-hydroxylation sites is 1. The number of aliphatic hydroxyl groups excluding tert-OH is 1. The Morgan fingerprint density at radius 1 is 1.35 bits per heavy atom. The third-order valence-corrected chi connectivity index (χ3v) is 4.27. The predicted molar refractivity (Wildman–Crippen MR) is 77.9 cm³/mol. The Morgan fingerprint density at radius 2 is 2.00 bits per heavy atom. The Morgan fingerprint density at radius 3 is 2.60 bits per heavy atom. The van der Waals surface area contributed by atoms with Gasteiger partial charge in [-0.2, -0.15) is 0 Å². The summed E-state index contributed by atoms with van der Waals surface area (Å²) in [6.45, 7) is 0.361. The highest BCUT2D eigenvalue weighted by Gasteiger charge is 2.45. The second kappa shape index (κ2) is 6.27. The molecule has 0 unspecified atom stereocenters. The van der Waals surface area contributed by atoms with E-state index in [0.29, 0.717) is 6.54 Å². The number of benzene rings is 1. The molecule has 0 radical (unpaired) electrons. The molecule has 20 heavy (non-hydrogen) atoms. The molecule has 1 amide bonds. The van der Waals surface area contributed by atoms with Gasteiger partial charge in [0.05, 0.1) is 19.1 Å². The van der Waals surface area contributed by atoms with Gasteiger partial charge in [0, 0.05) is 19.2 Å². The maximum atomic E-state index is 12.9. The molecule has 1 aliphatic carbocycles. The molecule has 0 bridgehead atoms. The van der Waals surface area contributed by atoms with Crippen molar-refractivity contribution in [2.24, 2.45) is 0 Å². The van der Waals surface area contributed by atoms with E-state index in [4.69, 9.17) is 9.84 Å². The van der Waals surface area contributed by atoms with Crippen molar-refractivity contribution in [1.29, 1.82) is 0 Å². The molecule has 110 valence electrons. The average Bonchev–Trinajstić information content (AvgIpc) is 2.97. The van der Waals surface area contributed by atoms with Crippen LogP contribution in [0.25, 0.3) is 0 Å². The summed E-state index contributed by atoms with van der Waals surface area (Å²) >= 11 is 0. The first-order valence-corrected chi connectivity index (χ1v) is 7.15. The zero-order valence-corrected chi connectivity index (χ0v) is 12.3. The Balaban J connectivity index is 2.42. The van der Waals surface area contributed by atoms with Crippen molar-refractivity contribution in [2.75, 3.05) is 27.3 Å². The van der Waals surface area contributed by atoms with Gasteiger partial charge in [-0.15, -0.1) is 0 Å². The number of aliphatic hydroxyl groups is 1. The predicted octanol–water partition coefficient (Wildman–Crippen LogP) is 1.96. The standard InChI is InChI=1S/C16H23NO3/c1-17(11-12-18)15(19)16(9-5-6-10-16)13-7-3-4-8-14(13)20-2/h3-4,7-8,18H,5-6,9-12H2,1-2H3. The molecule has 4 heteroatoms. The van der Waals surface area contributed by atoms with Crippen LogP contribution in [-0.4, -0.2) is 43.2 Å². The number of rotatable bonds is 5. The van der Waals surface area contributed by atoms with Crippen LogP contribution in [0.15, 0.2) is 24.3 Å². The molecule has 1 fully saturated rings.